The van der Waals surface area contributed by atoms with E-state index in [4.69, 9.17) is 17.3 Å². The molecule has 0 unspecified atom stereocenters. The lowest BCUT2D eigenvalue weighted by Gasteiger charge is -2.21. The van der Waals surface area contributed by atoms with E-state index in [0.717, 1.165) is 25.7 Å². The quantitative estimate of drug-likeness (QED) is 0.778. The van der Waals surface area contributed by atoms with Crippen LogP contribution in [-0.2, 0) is 9.59 Å². The highest BCUT2D eigenvalue weighted by molar-refractivity contribution is 6.33. The number of benzene rings is 1. The Bertz CT molecular complexity index is 542. The van der Waals surface area contributed by atoms with Crippen LogP contribution in [0, 0.1) is 5.92 Å². The maximum absolute atomic E-state index is 12.2. The van der Waals surface area contributed by atoms with Gasteiger partial charge in [-0.2, -0.15) is 0 Å². The summed E-state index contributed by atoms with van der Waals surface area (Å²) in [7, 11) is 0. The van der Waals surface area contributed by atoms with E-state index < -0.39 is 0 Å². The highest BCUT2D eigenvalue weighted by atomic mass is 35.5. The summed E-state index contributed by atoms with van der Waals surface area (Å²) >= 11 is 6.07. The first kappa shape index (κ1) is 16.8. The van der Waals surface area contributed by atoms with Gasteiger partial charge in [0.2, 0.25) is 11.8 Å². The molecule has 1 aromatic rings. The number of nitrogens with two attached hydrogens (primary N) is 1. The standard InChI is InChI=1S/C16H22ClN3O2/c17-13-7-6-12(10-14(13)20-15(21)8-9-18)19-16(22)11-4-2-1-3-5-11/h6-7,10-11H,1-5,8-9,18H2,(H,19,22)(H,20,21). The minimum absolute atomic E-state index is 0.0428. The van der Waals surface area contributed by atoms with Crippen molar-refractivity contribution in [3.63, 3.8) is 0 Å². The fraction of sp³-hybridized carbons (Fsp3) is 0.500. The van der Waals surface area contributed by atoms with E-state index in [1.807, 2.05) is 0 Å². The van der Waals surface area contributed by atoms with Crippen LogP contribution in [0.4, 0.5) is 11.4 Å². The second-order valence-electron chi connectivity index (χ2n) is 5.61. The number of anilines is 2. The topological polar surface area (TPSA) is 84.2 Å². The van der Waals surface area contributed by atoms with Gasteiger partial charge in [-0.25, -0.2) is 0 Å². The van der Waals surface area contributed by atoms with Crippen molar-refractivity contribution >= 4 is 34.8 Å². The molecule has 2 rings (SSSR count). The molecule has 1 saturated carbocycles. The van der Waals surface area contributed by atoms with Gasteiger partial charge in [0.05, 0.1) is 10.7 Å². The van der Waals surface area contributed by atoms with Crippen molar-refractivity contribution in [2.45, 2.75) is 38.5 Å². The van der Waals surface area contributed by atoms with Crippen LogP contribution in [0.2, 0.25) is 5.02 Å². The minimum atomic E-state index is -0.194. The molecule has 0 atom stereocenters. The normalized spacial score (nSPS) is 15.4. The molecule has 2 amide bonds. The van der Waals surface area contributed by atoms with E-state index in [1.165, 1.54) is 6.42 Å². The number of amides is 2. The molecule has 1 aromatic carbocycles. The smallest absolute Gasteiger partial charge is 0.227 e. The maximum Gasteiger partial charge on any atom is 0.227 e. The average molecular weight is 324 g/mol. The van der Waals surface area contributed by atoms with Crippen LogP contribution < -0.4 is 16.4 Å². The van der Waals surface area contributed by atoms with Gasteiger partial charge >= 0.3 is 0 Å². The van der Waals surface area contributed by atoms with Gasteiger partial charge in [-0.15, -0.1) is 0 Å². The van der Waals surface area contributed by atoms with Crippen LogP contribution >= 0.6 is 11.6 Å². The van der Waals surface area contributed by atoms with E-state index in [2.05, 4.69) is 10.6 Å². The SMILES string of the molecule is NCCC(=O)Nc1cc(NC(=O)C2CCCCC2)ccc1Cl. The van der Waals surface area contributed by atoms with Crippen molar-refractivity contribution in [2.75, 3.05) is 17.2 Å². The molecule has 120 valence electrons. The van der Waals surface area contributed by atoms with Crippen LogP contribution in [0.5, 0.6) is 0 Å². The Morgan fingerprint density at radius 2 is 1.91 bits per heavy atom. The molecule has 1 aliphatic carbocycles. The molecular formula is C16H22ClN3O2. The predicted octanol–water partition coefficient (Wildman–Crippen LogP) is 3.15. The van der Waals surface area contributed by atoms with Gasteiger partial charge in [0.15, 0.2) is 0 Å². The Hall–Kier alpha value is -1.59. The highest BCUT2D eigenvalue weighted by Gasteiger charge is 2.21. The fourth-order valence-corrected chi connectivity index (χ4v) is 2.82. The molecule has 1 aliphatic rings. The summed E-state index contributed by atoms with van der Waals surface area (Å²) in [5.74, 6) is -0.0684. The largest absolute Gasteiger partial charge is 0.330 e. The lowest BCUT2D eigenvalue weighted by Crippen LogP contribution is -2.24. The molecule has 0 aliphatic heterocycles. The molecule has 0 saturated heterocycles. The maximum atomic E-state index is 12.2. The summed E-state index contributed by atoms with van der Waals surface area (Å²) in [6.45, 7) is 0.279. The number of nitrogens with one attached hydrogen (secondary N) is 2. The van der Waals surface area contributed by atoms with Crippen molar-refractivity contribution < 1.29 is 9.59 Å². The summed E-state index contributed by atoms with van der Waals surface area (Å²) < 4.78 is 0. The Labute approximate surface area is 135 Å². The molecule has 0 heterocycles. The third-order valence-electron chi connectivity index (χ3n) is 3.86. The molecule has 0 aromatic heterocycles. The molecular weight excluding hydrogens is 302 g/mol. The van der Waals surface area contributed by atoms with Gasteiger partial charge < -0.3 is 16.4 Å². The van der Waals surface area contributed by atoms with Crippen LogP contribution in [0.25, 0.3) is 0 Å². The first-order valence-corrected chi connectivity index (χ1v) is 8.08. The zero-order valence-electron chi connectivity index (χ0n) is 12.5. The van der Waals surface area contributed by atoms with Crippen molar-refractivity contribution in [3.8, 4) is 0 Å². The van der Waals surface area contributed by atoms with Gasteiger partial charge in [0.1, 0.15) is 0 Å². The second-order valence-corrected chi connectivity index (χ2v) is 6.01. The Kier molecular flexibility index (Phi) is 6.21. The van der Waals surface area contributed by atoms with Crippen molar-refractivity contribution in [1.82, 2.24) is 0 Å². The van der Waals surface area contributed by atoms with Crippen LogP contribution in [-0.4, -0.2) is 18.4 Å². The zero-order valence-corrected chi connectivity index (χ0v) is 13.3. The molecule has 0 spiro atoms. The van der Waals surface area contributed by atoms with E-state index in [1.54, 1.807) is 18.2 Å². The van der Waals surface area contributed by atoms with Crippen molar-refractivity contribution in [3.05, 3.63) is 23.2 Å². The lowest BCUT2D eigenvalue weighted by molar-refractivity contribution is -0.120. The molecule has 0 radical (unpaired) electrons. The van der Waals surface area contributed by atoms with Gasteiger partial charge in [-0.05, 0) is 31.0 Å². The van der Waals surface area contributed by atoms with E-state index in [9.17, 15) is 9.59 Å². The van der Waals surface area contributed by atoms with Crippen LogP contribution in [0.15, 0.2) is 18.2 Å². The summed E-state index contributed by atoms with van der Waals surface area (Å²) in [6.07, 6.45) is 5.55. The number of carbonyl (C=O) groups excluding carboxylic acids is 2. The van der Waals surface area contributed by atoms with E-state index >= 15 is 0 Å². The molecule has 5 nitrogen and oxygen atoms in total. The third-order valence-corrected chi connectivity index (χ3v) is 4.18. The Morgan fingerprint density at radius 1 is 1.18 bits per heavy atom. The molecule has 6 heteroatoms. The average Bonchev–Trinajstić information content (AvgIpc) is 2.51. The summed E-state index contributed by atoms with van der Waals surface area (Å²) in [5, 5.41) is 6.04. The first-order chi connectivity index (χ1) is 10.6. The lowest BCUT2D eigenvalue weighted by atomic mass is 9.88. The predicted molar refractivity (Wildman–Crippen MR) is 89.0 cm³/mol. The molecule has 0 bridgehead atoms. The number of hydrogen-bond acceptors (Lipinski definition) is 3. The second kappa shape index (κ2) is 8.15. The fourth-order valence-electron chi connectivity index (χ4n) is 2.65. The number of halogens is 1. The Morgan fingerprint density at radius 3 is 2.59 bits per heavy atom. The van der Waals surface area contributed by atoms with Crippen molar-refractivity contribution in [1.29, 1.82) is 0 Å². The first-order valence-electron chi connectivity index (χ1n) is 7.70. The number of carbonyl (C=O) groups is 2. The summed E-state index contributed by atoms with van der Waals surface area (Å²) in [4.78, 5) is 23.8. The Balaban J connectivity index is 2.01. The van der Waals surface area contributed by atoms with Gasteiger partial charge in [-0.3, -0.25) is 9.59 Å². The molecule has 4 N–H and O–H groups in total. The summed E-state index contributed by atoms with van der Waals surface area (Å²) in [6, 6.07) is 5.08. The monoisotopic (exact) mass is 323 g/mol. The van der Waals surface area contributed by atoms with E-state index in [-0.39, 0.29) is 30.7 Å². The number of hydrogen-bond donors (Lipinski definition) is 3. The van der Waals surface area contributed by atoms with E-state index in [0.29, 0.717) is 16.4 Å². The van der Waals surface area contributed by atoms with Crippen molar-refractivity contribution in [2.24, 2.45) is 11.7 Å². The molecule has 1 fully saturated rings. The van der Waals surface area contributed by atoms with Crippen LogP contribution in [0.1, 0.15) is 38.5 Å². The molecule has 22 heavy (non-hydrogen) atoms. The zero-order chi connectivity index (χ0) is 15.9. The van der Waals surface area contributed by atoms with Gasteiger partial charge in [-0.1, -0.05) is 30.9 Å². The van der Waals surface area contributed by atoms with Crippen LogP contribution in [0.3, 0.4) is 0 Å². The van der Waals surface area contributed by atoms with Gasteiger partial charge in [0, 0.05) is 24.6 Å². The minimum Gasteiger partial charge on any atom is -0.330 e. The number of rotatable bonds is 5. The summed E-state index contributed by atoms with van der Waals surface area (Å²) in [5.41, 5.74) is 6.48. The third kappa shape index (κ3) is 4.71. The highest BCUT2D eigenvalue weighted by Crippen LogP contribution is 2.28. The van der Waals surface area contributed by atoms with Gasteiger partial charge in [0.25, 0.3) is 0 Å².